The molecule has 0 radical (unpaired) electrons. The Balaban J connectivity index is 2.43. The fourth-order valence-corrected chi connectivity index (χ4v) is 1.62. The molecule has 1 amide bonds. The highest BCUT2D eigenvalue weighted by atomic mass is 79.9. The largest absolute Gasteiger partial charge is 0.446 e. The third-order valence-electron chi connectivity index (χ3n) is 1.66. The molecular weight excluding hydrogens is 198 g/mol. The summed E-state index contributed by atoms with van der Waals surface area (Å²) in [6, 6.07) is 0. The highest BCUT2D eigenvalue weighted by Crippen LogP contribution is 2.13. The summed E-state index contributed by atoms with van der Waals surface area (Å²) in [6.45, 7) is 2.62. The van der Waals surface area contributed by atoms with Crippen LogP contribution in [0.3, 0.4) is 0 Å². The molecule has 1 fully saturated rings. The first-order valence-electron chi connectivity index (χ1n) is 3.24. The summed E-state index contributed by atoms with van der Waals surface area (Å²) in [5, 5.41) is 3.49. The summed E-state index contributed by atoms with van der Waals surface area (Å²) in [5.41, 5.74) is 0. The van der Waals surface area contributed by atoms with Crippen molar-refractivity contribution in [1.82, 2.24) is 5.32 Å². The number of hydrogen-bond acceptors (Lipinski definition) is 2. The maximum atomic E-state index is 10.6. The van der Waals surface area contributed by atoms with Crippen molar-refractivity contribution >= 4 is 22.0 Å². The fourth-order valence-electron chi connectivity index (χ4n) is 0.867. The molecular formula is C6H10BrNO2. The number of hydrogen-bond donors (Lipinski definition) is 1. The number of alkyl halides is 1. The second-order valence-corrected chi connectivity index (χ2v) is 3.05. The van der Waals surface area contributed by atoms with E-state index >= 15 is 0 Å². The van der Waals surface area contributed by atoms with Gasteiger partial charge in [-0.25, -0.2) is 4.79 Å². The number of carbonyl (C=O) groups excluding carboxylic acids is 1. The average Bonchev–Trinajstić information content (AvgIpc) is 1.88. The summed E-state index contributed by atoms with van der Waals surface area (Å²) >= 11 is 3.34. The lowest BCUT2D eigenvalue weighted by Gasteiger charge is -2.27. The lowest BCUT2D eigenvalue weighted by atomic mass is 10.1. The SMILES string of the molecule is CC1OC(=O)NC[C@H]1CBr. The van der Waals surface area contributed by atoms with Gasteiger partial charge in [0.15, 0.2) is 0 Å². The normalized spacial score (nSPS) is 32.8. The first kappa shape index (κ1) is 7.85. The Morgan fingerprint density at radius 3 is 3.10 bits per heavy atom. The molecule has 1 rings (SSSR count). The van der Waals surface area contributed by atoms with Crippen LogP contribution in [0.25, 0.3) is 0 Å². The monoisotopic (exact) mass is 207 g/mol. The van der Waals surface area contributed by atoms with Crippen LogP contribution in [0.15, 0.2) is 0 Å². The van der Waals surface area contributed by atoms with Gasteiger partial charge in [0, 0.05) is 17.8 Å². The molecule has 4 heteroatoms. The molecule has 2 atom stereocenters. The van der Waals surface area contributed by atoms with Crippen LogP contribution < -0.4 is 5.32 Å². The van der Waals surface area contributed by atoms with Gasteiger partial charge in [0.05, 0.1) is 0 Å². The van der Waals surface area contributed by atoms with E-state index in [2.05, 4.69) is 21.2 Å². The van der Waals surface area contributed by atoms with Gasteiger partial charge in [-0.05, 0) is 6.92 Å². The van der Waals surface area contributed by atoms with Crippen LogP contribution in [0.2, 0.25) is 0 Å². The number of halogens is 1. The minimum atomic E-state index is -0.301. The lowest BCUT2D eigenvalue weighted by Crippen LogP contribution is -2.44. The van der Waals surface area contributed by atoms with E-state index in [1.807, 2.05) is 6.92 Å². The standard InChI is InChI=1S/C6H10BrNO2/c1-4-5(2-7)3-8-6(9)10-4/h4-5H,2-3H2,1H3,(H,8,9)/t4?,5-/m1/s1. The van der Waals surface area contributed by atoms with Crippen molar-refractivity contribution in [3.8, 4) is 0 Å². The van der Waals surface area contributed by atoms with E-state index < -0.39 is 0 Å². The molecule has 0 spiro atoms. The molecule has 0 aromatic carbocycles. The van der Waals surface area contributed by atoms with Gasteiger partial charge < -0.3 is 10.1 Å². The van der Waals surface area contributed by atoms with Gasteiger partial charge in [-0.15, -0.1) is 0 Å². The number of alkyl carbamates (subject to hydrolysis) is 1. The number of cyclic esters (lactones) is 1. The summed E-state index contributed by atoms with van der Waals surface area (Å²) in [7, 11) is 0. The molecule has 0 aromatic heterocycles. The van der Waals surface area contributed by atoms with E-state index in [0.717, 1.165) is 5.33 Å². The van der Waals surface area contributed by atoms with Gasteiger partial charge in [0.2, 0.25) is 0 Å². The smallest absolute Gasteiger partial charge is 0.407 e. The average molecular weight is 208 g/mol. The molecule has 0 aliphatic carbocycles. The summed E-state index contributed by atoms with van der Waals surface area (Å²) < 4.78 is 4.91. The van der Waals surface area contributed by atoms with Gasteiger partial charge in [0.25, 0.3) is 0 Å². The second kappa shape index (κ2) is 3.23. The van der Waals surface area contributed by atoms with Crippen LogP contribution in [-0.2, 0) is 4.74 Å². The predicted octanol–water partition coefficient (Wildman–Crippen LogP) is 1.13. The predicted molar refractivity (Wildman–Crippen MR) is 41.2 cm³/mol. The van der Waals surface area contributed by atoms with Gasteiger partial charge in [-0.1, -0.05) is 15.9 Å². The molecule has 0 aromatic rings. The number of amides is 1. The van der Waals surface area contributed by atoms with E-state index in [9.17, 15) is 4.79 Å². The molecule has 1 heterocycles. The quantitative estimate of drug-likeness (QED) is 0.656. The lowest BCUT2D eigenvalue weighted by molar-refractivity contribution is 0.0557. The third kappa shape index (κ3) is 1.62. The van der Waals surface area contributed by atoms with E-state index in [1.165, 1.54) is 0 Å². The number of rotatable bonds is 1. The summed E-state index contributed by atoms with van der Waals surface area (Å²) in [6.07, 6.45) is -0.266. The van der Waals surface area contributed by atoms with Crippen LogP contribution in [0.1, 0.15) is 6.92 Å². The number of carbonyl (C=O) groups is 1. The van der Waals surface area contributed by atoms with Crippen molar-refractivity contribution in [3.63, 3.8) is 0 Å². The van der Waals surface area contributed by atoms with Crippen LogP contribution in [0, 0.1) is 5.92 Å². The zero-order valence-corrected chi connectivity index (χ0v) is 7.35. The maximum Gasteiger partial charge on any atom is 0.407 e. The zero-order chi connectivity index (χ0) is 7.56. The fraction of sp³-hybridized carbons (Fsp3) is 0.833. The van der Waals surface area contributed by atoms with Crippen molar-refractivity contribution in [1.29, 1.82) is 0 Å². The van der Waals surface area contributed by atoms with Crippen molar-refractivity contribution in [3.05, 3.63) is 0 Å². The minimum absolute atomic E-state index is 0.0353. The molecule has 10 heavy (non-hydrogen) atoms. The summed E-state index contributed by atoms with van der Waals surface area (Å²) in [4.78, 5) is 10.6. The Labute approximate surface area is 68.3 Å². The summed E-state index contributed by atoms with van der Waals surface area (Å²) in [5.74, 6) is 0.401. The Morgan fingerprint density at radius 1 is 1.90 bits per heavy atom. The van der Waals surface area contributed by atoms with E-state index in [1.54, 1.807) is 0 Å². The van der Waals surface area contributed by atoms with Gasteiger partial charge >= 0.3 is 6.09 Å². The molecule has 0 saturated carbocycles. The molecule has 1 saturated heterocycles. The molecule has 58 valence electrons. The topological polar surface area (TPSA) is 38.3 Å². The Bertz CT molecular complexity index is 140. The molecule has 3 nitrogen and oxygen atoms in total. The first-order chi connectivity index (χ1) is 4.74. The van der Waals surface area contributed by atoms with Crippen LogP contribution in [-0.4, -0.2) is 24.1 Å². The van der Waals surface area contributed by atoms with Crippen LogP contribution in [0.5, 0.6) is 0 Å². The molecule has 1 aliphatic rings. The number of nitrogens with one attached hydrogen (secondary N) is 1. The van der Waals surface area contributed by atoms with Crippen molar-refractivity contribution in [2.45, 2.75) is 13.0 Å². The zero-order valence-electron chi connectivity index (χ0n) is 5.76. The molecule has 1 N–H and O–H groups in total. The highest BCUT2D eigenvalue weighted by molar-refractivity contribution is 9.09. The Hall–Kier alpha value is -0.250. The third-order valence-corrected chi connectivity index (χ3v) is 2.50. The molecule has 0 bridgehead atoms. The van der Waals surface area contributed by atoms with Crippen molar-refractivity contribution in [2.24, 2.45) is 5.92 Å². The second-order valence-electron chi connectivity index (χ2n) is 2.41. The maximum absolute atomic E-state index is 10.6. The van der Waals surface area contributed by atoms with Crippen LogP contribution in [0.4, 0.5) is 4.79 Å². The van der Waals surface area contributed by atoms with E-state index in [-0.39, 0.29) is 12.2 Å². The Kier molecular flexibility index (Phi) is 2.54. The van der Waals surface area contributed by atoms with Gasteiger partial charge in [-0.2, -0.15) is 0 Å². The van der Waals surface area contributed by atoms with E-state index in [4.69, 9.17) is 4.74 Å². The highest BCUT2D eigenvalue weighted by Gasteiger charge is 2.25. The minimum Gasteiger partial charge on any atom is -0.446 e. The van der Waals surface area contributed by atoms with Crippen molar-refractivity contribution in [2.75, 3.05) is 11.9 Å². The van der Waals surface area contributed by atoms with Gasteiger partial charge in [0.1, 0.15) is 6.10 Å². The molecule has 1 unspecified atom stereocenters. The molecule has 1 aliphatic heterocycles. The van der Waals surface area contributed by atoms with Crippen molar-refractivity contribution < 1.29 is 9.53 Å². The Morgan fingerprint density at radius 2 is 2.60 bits per heavy atom. The number of ether oxygens (including phenoxy) is 1. The van der Waals surface area contributed by atoms with E-state index in [0.29, 0.717) is 12.5 Å². The van der Waals surface area contributed by atoms with Gasteiger partial charge in [-0.3, -0.25) is 0 Å². The first-order valence-corrected chi connectivity index (χ1v) is 4.36. The van der Waals surface area contributed by atoms with Crippen LogP contribution >= 0.6 is 15.9 Å².